The van der Waals surface area contributed by atoms with Crippen LogP contribution in [0.2, 0.25) is 10.2 Å². The van der Waals surface area contributed by atoms with Gasteiger partial charge in [0, 0.05) is 59.3 Å². The third kappa shape index (κ3) is 35.8. The first kappa shape index (κ1) is 101. The lowest BCUT2D eigenvalue weighted by Gasteiger charge is -2.20. The van der Waals surface area contributed by atoms with Crippen molar-refractivity contribution < 1.29 is 52.3 Å². The van der Waals surface area contributed by atoms with E-state index < -0.39 is 22.7 Å². The fourth-order valence-electron chi connectivity index (χ4n) is 6.29. The number of rotatable bonds is 8. The van der Waals surface area contributed by atoms with Crippen LogP contribution in [0.25, 0.3) is 4.85 Å². The van der Waals surface area contributed by atoms with Gasteiger partial charge in [-0.3, -0.25) is 19.2 Å². The summed E-state index contributed by atoms with van der Waals surface area (Å²) in [6, 6.07) is 18.2. The molecule has 0 atom stereocenters. The lowest BCUT2D eigenvalue weighted by molar-refractivity contribution is -0.148. The first-order chi connectivity index (χ1) is 41.8. The quantitative estimate of drug-likeness (QED) is 0.0357. The minimum Gasteiger partial charge on any atom is -0.506 e. The molecule has 0 saturated carbocycles. The van der Waals surface area contributed by atoms with Gasteiger partial charge in [0.1, 0.15) is 87.6 Å². The maximum Gasteiger partial charge on any atom is 0.407 e. The number of nitrogen functional groups attached to an aromatic ring is 1. The number of methoxy groups -OCH3 is 5. The van der Waals surface area contributed by atoms with E-state index in [0.717, 1.165) is 17.1 Å². The maximum absolute atomic E-state index is 11.7. The summed E-state index contributed by atoms with van der Waals surface area (Å²) in [5.74, 6) is 2.84. The standard InChI is InChI=1S/C14H22N2O4.C9H10N2O2.C8H12N2O2.C7H4Cl2N2.2C7H6N2O2.C4H4O2.C3H2N2.6CH4.ClH/c1-9-7-11(18-5)10(12(16-9)19-6)8-15-13(17)20-14(2,3)4;1-6-4-8(12-2)7(5-10)9(11-6)13-3;1-5-3-7(12-2)6(4-9)8(11)10-5;1-4-2-6(8)5(3-10)7(9)11-4;1-4-2-6(10)5(3-8)7(9)11-4;1-4-2-6(10)5(3-8)7(11)9-4;1-3-2-4(5)6-3;1-5-3-2-4;;;;;;;/h7H,8H2,1-6H3,(H,15,17);4H,1-3H3;3H,4,9H2,1-2H3,(H,10,11);2H,1H3;2H,9H2,1H3;2H,1H3,(H2,9,10,11);1-2H2;3H2;6*1H4;1H. The Morgan fingerprint density at radius 2 is 1.16 bits per heavy atom. The predicted molar refractivity (Wildman–Crippen MR) is 373 cm³/mol. The van der Waals surface area contributed by atoms with Crippen LogP contribution in [0.3, 0.4) is 0 Å². The van der Waals surface area contributed by atoms with E-state index in [9.17, 15) is 24.0 Å². The number of hydrogen-bond acceptors (Lipinski definition) is 24. The van der Waals surface area contributed by atoms with E-state index in [-0.39, 0.29) is 122 Å². The fourth-order valence-corrected chi connectivity index (χ4v) is 6.90. The third-order valence-corrected chi connectivity index (χ3v) is 10.6. The van der Waals surface area contributed by atoms with Crippen LogP contribution in [0, 0.1) is 105 Å². The number of esters is 1. The number of aromatic amines is 2. The van der Waals surface area contributed by atoms with Crippen molar-refractivity contribution in [1.82, 2.24) is 30.2 Å². The van der Waals surface area contributed by atoms with E-state index in [1.807, 2.05) is 26.0 Å². The number of nitrogens with zero attached hydrogens (tertiary/aromatic N) is 9. The summed E-state index contributed by atoms with van der Waals surface area (Å²) in [6.07, 6.45) is -0.0813. The number of H-pyrrole nitrogens is 2. The molecule has 28 nitrogen and oxygen atoms in total. The second kappa shape index (κ2) is 51.6. The molecule has 6 aromatic heterocycles. The van der Waals surface area contributed by atoms with Crippen molar-refractivity contribution in [3.05, 3.63) is 169 Å². The van der Waals surface area contributed by atoms with Gasteiger partial charge in [0.15, 0.2) is 16.7 Å². The van der Waals surface area contributed by atoms with Crippen molar-refractivity contribution >= 4 is 53.6 Å². The number of aryl methyl sites for hydroxylation is 6. The highest BCUT2D eigenvalue weighted by Gasteiger charge is 2.20. The van der Waals surface area contributed by atoms with Crippen LogP contribution in [0.4, 0.5) is 10.7 Å². The van der Waals surface area contributed by atoms with Crippen molar-refractivity contribution in [1.29, 1.82) is 26.3 Å². The van der Waals surface area contributed by atoms with Crippen LogP contribution in [0.1, 0.15) is 139 Å². The molecule has 6 aromatic rings. The first-order valence-corrected chi connectivity index (χ1v) is 26.1. The molecular weight excluding hydrogens is 1310 g/mol. The number of halogens is 3. The zero-order chi connectivity index (χ0) is 68.3. The third-order valence-electron chi connectivity index (χ3n) is 10.0. The molecular formula is C65H91Cl3N14O14. The summed E-state index contributed by atoms with van der Waals surface area (Å²) in [5, 5.41) is 53.9. The Morgan fingerprint density at radius 3 is 1.53 bits per heavy atom. The van der Waals surface area contributed by atoms with Crippen LogP contribution in [0.15, 0.2) is 67.5 Å². The average molecular weight is 1400 g/mol. The lowest BCUT2D eigenvalue weighted by Crippen LogP contribution is -2.32. The Labute approximate surface area is 579 Å². The molecule has 1 saturated heterocycles. The van der Waals surface area contributed by atoms with Gasteiger partial charge in [0.05, 0.1) is 58.2 Å². The molecule has 96 heavy (non-hydrogen) atoms. The topological polar surface area (TPSA) is 441 Å². The van der Waals surface area contributed by atoms with Crippen molar-refractivity contribution in [2.24, 2.45) is 5.73 Å². The Morgan fingerprint density at radius 1 is 0.698 bits per heavy atom. The second-order valence-corrected chi connectivity index (χ2v) is 19.0. The summed E-state index contributed by atoms with van der Waals surface area (Å²) >= 11 is 11.3. The molecule has 7 heterocycles. The van der Waals surface area contributed by atoms with Gasteiger partial charge in [0.2, 0.25) is 23.1 Å². The van der Waals surface area contributed by atoms with Crippen molar-refractivity contribution in [2.45, 2.75) is 132 Å². The molecule has 1 fully saturated rings. The number of hydrogen-bond donors (Lipinski definition) is 6. The Hall–Kier alpha value is -10.9. The molecule has 1 aliphatic heterocycles. The summed E-state index contributed by atoms with van der Waals surface area (Å²) in [5.41, 5.74) is 13.9. The number of amides is 1. The number of alkyl carbamates (subject to hydrolysis) is 1. The largest absolute Gasteiger partial charge is 0.506 e. The van der Waals surface area contributed by atoms with E-state index in [4.69, 9.17) is 105 Å². The minimum atomic E-state index is -0.551. The van der Waals surface area contributed by atoms with E-state index in [0.29, 0.717) is 80.0 Å². The van der Waals surface area contributed by atoms with E-state index in [1.54, 1.807) is 98.0 Å². The van der Waals surface area contributed by atoms with Crippen LogP contribution >= 0.6 is 35.6 Å². The number of carbonyl (C=O) groups is 2. The summed E-state index contributed by atoms with van der Waals surface area (Å²) in [6.45, 7) is 25.6. The monoisotopic (exact) mass is 1400 g/mol. The van der Waals surface area contributed by atoms with Crippen molar-refractivity contribution in [3.8, 4) is 65.1 Å². The smallest absolute Gasteiger partial charge is 0.407 e. The van der Waals surface area contributed by atoms with Gasteiger partial charge in [-0.25, -0.2) is 26.3 Å². The Bertz CT molecular complexity index is 3720. The number of carbonyl (C=O) groups excluding carboxylic acids is 2. The normalized spacial score (nSPS) is 9.32. The molecule has 0 bridgehead atoms. The van der Waals surface area contributed by atoms with Crippen molar-refractivity contribution in [2.75, 3.05) is 47.8 Å². The molecule has 0 aromatic carbocycles. The van der Waals surface area contributed by atoms with Crippen LogP contribution in [0.5, 0.6) is 34.8 Å². The minimum absolute atomic E-state index is 0. The van der Waals surface area contributed by atoms with E-state index in [2.05, 4.69) is 46.4 Å². The Kier molecular flexibility index (Phi) is 54.5. The zero-order valence-electron chi connectivity index (χ0n) is 51.6. The van der Waals surface area contributed by atoms with Gasteiger partial charge in [-0.1, -0.05) is 74.3 Å². The van der Waals surface area contributed by atoms with Crippen LogP contribution < -0.4 is 57.0 Å². The molecule has 0 radical (unpaired) electrons. The number of ether oxygens (including phenoxy) is 7. The molecule has 0 spiro atoms. The number of anilines is 1. The molecule has 1 aliphatic rings. The summed E-state index contributed by atoms with van der Waals surface area (Å²) < 4.78 is 39.8. The second-order valence-electron chi connectivity index (χ2n) is 18.2. The van der Waals surface area contributed by atoms with Crippen LogP contribution in [-0.4, -0.2) is 89.8 Å². The number of cyclic esters (lactones) is 1. The molecule has 526 valence electrons. The predicted octanol–water partition coefficient (Wildman–Crippen LogP) is 12.2. The van der Waals surface area contributed by atoms with Gasteiger partial charge in [-0.05, 0) is 74.4 Å². The number of aromatic hydroxyl groups is 1. The Balaban J connectivity index is -0.000000156. The van der Waals surface area contributed by atoms with E-state index in [1.165, 1.54) is 40.6 Å². The molecule has 1 amide bonds. The van der Waals surface area contributed by atoms with Gasteiger partial charge < -0.3 is 74.3 Å². The van der Waals surface area contributed by atoms with Gasteiger partial charge in [-0.15, -0.1) is 12.4 Å². The highest BCUT2D eigenvalue weighted by molar-refractivity contribution is 6.35. The maximum atomic E-state index is 11.7. The zero-order valence-corrected chi connectivity index (χ0v) is 53.9. The highest BCUT2D eigenvalue weighted by Crippen LogP contribution is 2.28. The number of aromatic nitrogens is 5. The molecule has 8 N–H and O–H groups in total. The van der Waals surface area contributed by atoms with Crippen LogP contribution in [-0.2, 0) is 27.4 Å². The number of nitriles is 5. The average Bonchev–Trinajstić information content (AvgIpc) is 0.891. The SMILES string of the molecule is C.C.C.C.C.C.C=C1CC(=O)O1.COc1cc(C)[nH]c(=O)c1CN.COc1cc(C)nc(OC)c1C#N.COc1cc(C)nc(OC)c1CNC(=O)OC(C)(C)C.Cc1cc(=O)c(C#N)c(N)o1.Cc1cc(Cl)c(C#N)c(Cl)n1.Cc1cc(O)c(C#N)c(=O)[nH]1.Cl.[C-]#[N+]CC#N. The fraction of sp³-hybridized carbons (Fsp3) is 0.385. The number of nitrogens with two attached hydrogens (primary N) is 2. The highest BCUT2D eigenvalue weighted by atomic mass is 35.5. The molecule has 0 unspecified atom stereocenters. The van der Waals surface area contributed by atoms with Gasteiger partial charge in [0.25, 0.3) is 17.7 Å². The van der Waals surface area contributed by atoms with Gasteiger partial charge >= 0.3 is 12.1 Å². The molecule has 31 heteroatoms. The summed E-state index contributed by atoms with van der Waals surface area (Å²) in [4.78, 5) is 74.5. The van der Waals surface area contributed by atoms with Crippen molar-refractivity contribution in [3.63, 3.8) is 0 Å². The van der Waals surface area contributed by atoms with Gasteiger partial charge in [-0.2, -0.15) is 26.3 Å². The lowest BCUT2D eigenvalue weighted by atomic mass is 10.2. The molecule has 0 aliphatic carbocycles. The number of pyridine rings is 5. The van der Waals surface area contributed by atoms with E-state index >= 15 is 0 Å². The summed E-state index contributed by atoms with van der Waals surface area (Å²) in [7, 11) is 7.59. The number of nitrogens with one attached hydrogen (secondary N) is 3. The molecule has 7 rings (SSSR count). The first-order valence-electron chi connectivity index (χ1n) is 25.3.